The Labute approximate surface area is 106 Å². The van der Waals surface area contributed by atoms with E-state index in [2.05, 4.69) is 26.9 Å². The molecule has 1 fully saturated rings. The first kappa shape index (κ1) is 11.3. The van der Waals surface area contributed by atoms with Crippen LogP contribution in [0.5, 0.6) is 0 Å². The average Bonchev–Trinajstić information content (AvgIpc) is 2.93. The lowest BCUT2D eigenvalue weighted by molar-refractivity contribution is 0.248. The summed E-state index contributed by atoms with van der Waals surface area (Å²) in [6.45, 7) is 2.25. The largest absolute Gasteiger partial charge is 0.343 e. The van der Waals surface area contributed by atoms with Gasteiger partial charge in [-0.25, -0.2) is 9.97 Å². The highest BCUT2D eigenvalue weighted by Gasteiger charge is 2.20. The van der Waals surface area contributed by atoms with Gasteiger partial charge in [-0.2, -0.15) is 0 Å². The lowest BCUT2D eigenvalue weighted by atomic mass is 9.95. The highest BCUT2D eigenvalue weighted by atomic mass is 15.1. The van der Waals surface area contributed by atoms with Crippen molar-refractivity contribution in [2.24, 2.45) is 0 Å². The molecular formula is C13H17N5. The fourth-order valence-corrected chi connectivity index (χ4v) is 2.51. The van der Waals surface area contributed by atoms with Gasteiger partial charge in [-0.05, 0) is 26.4 Å². The smallest absolute Gasteiger partial charge is 0.157 e. The van der Waals surface area contributed by atoms with Crippen LogP contribution in [-0.4, -0.2) is 45.0 Å². The molecule has 1 N–H and O–H groups in total. The van der Waals surface area contributed by atoms with Crippen LogP contribution in [-0.2, 0) is 0 Å². The number of hydrogen-bond acceptors (Lipinski definition) is 4. The number of nitrogens with one attached hydrogen (secondary N) is 1. The van der Waals surface area contributed by atoms with Crippen LogP contribution < -0.4 is 0 Å². The van der Waals surface area contributed by atoms with E-state index in [1.165, 1.54) is 19.4 Å². The second-order valence-electron chi connectivity index (χ2n) is 4.87. The van der Waals surface area contributed by atoms with Crippen molar-refractivity contribution in [1.29, 1.82) is 0 Å². The standard InChI is InChI=1S/C13H17N5/c1-18-6-2-3-10(9-18)11-7-14-8-12(17-11)13-15-4-5-16-13/h4-5,7-8,10H,2-3,6,9H2,1H3,(H,15,16). The number of nitrogens with zero attached hydrogens (tertiary/aromatic N) is 4. The van der Waals surface area contributed by atoms with E-state index in [9.17, 15) is 0 Å². The van der Waals surface area contributed by atoms with Gasteiger partial charge in [0.2, 0.25) is 0 Å². The quantitative estimate of drug-likeness (QED) is 0.871. The zero-order valence-corrected chi connectivity index (χ0v) is 10.5. The summed E-state index contributed by atoms with van der Waals surface area (Å²) in [7, 11) is 2.16. The summed E-state index contributed by atoms with van der Waals surface area (Å²) >= 11 is 0. The van der Waals surface area contributed by atoms with Crippen molar-refractivity contribution in [3.05, 3.63) is 30.5 Å². The van der Waals surface area contributed by atoms with Crippen molar-refractivity contribution in [3.63, 3.8) is 0 Å². The molecule has 0 spiro atoms. The van der Waals surface area contributed by atoms with E-state index in [4.69, 9.17) is 4.98 Å². The molecule has 0 aromatic carbocycles. The third-order valence-corrected chi connectivity index (χ3v) is 3.44. The van der Waals surface area contributed by atoms with Crippen LogP contribution in [0.4, 0.5) is 0 Å². The molecule has 2 aromatic rings. The molecular weight excluding hydrogens is 226 g/mol. The molecule has 1 atom stereocenters. The van der Waals surface area contributed by atoms with Crippen molar-refractivity contribution in [2.45, 2.75) is 18.8 Å². The Balaban J connectivity index is 1.86. The van der Waals surface area contributed by atoms with Gasteiger partial charge in [0.1, 0.15) is 5.69 Å². The van der Waals surface area contributed by atoms with E-state index in [-0.39, 0.29) is 0 Å². The van der Waals surface area contributed by atoms with Crippen molar-refractivity contribution in [1.82, 2.24) is 24.8 Å². The maximum atomic E-state index is 4.69. The Morgan fingerprint density at radius 2 is 2.33 bits per heavy atom. The van der Waals surface area contributed by atoms with Crippen molar-refractivity contribution < 1.29 is 0 Å². The summed E-state index contributed by atoms with van der Waals surface area (Å²) in [4.78, 5) is 18.6. The molecule has 3 heterocycles. The minimum atomic E-state index is 0.492. The van der Waals surface area contributed by atoms with Crippen LogP contribution in [0.2, 0.25) is 0 Å². The first-order chi connectivity index (χ1) is 8.83. The van der Waals surface area contributed by atoms with Crippen LogP contribution in [0.15, 0.2) is 24.8 Å². The molecule has 0 radical (unpaired) electrons. The van der Waals surface area contributed by atoms with Crippen LogP contribution >= 0.6 is 0 Å². The van der Waals surface area contributed by atoms with E-state index in [0.29, 0.717) is 5.92 Å². The zero-order valence-electron chi connectivity index (χ0n) is 10.5. The lowest BCUT2D eigenvalue weighted by Crippen LogP contribution is -2.31. The minimum Gasteiger partial charge on any atom is -0.343 e. The van der Waals surface area contributed by atoms with Gasteiger partial charge in [0.25, 0.3) is 0 Å². The highest BCUT2D eigenvalue weighted by molar-refractivity contribution is 5.47. The Morgan fingerprint density at radius 3 is 3.11 bits per heavy atom. The first-order valence-corrected chi connectivity index (χ1v) is 6.33. The molecule has 2 aromatic heterocycles. The number of H-pyrrole nitrogens is 1. The van der Waals surface area contributed by atoms with Crippen LogP contribution in [0.25, 0.3) is 11.5 Å². The van der Waals surface area contributed by atoms with Gasteiger partial charge in [-0.1, -0.05) is 0 Å². The molecule has 0 amide bonds. The van der Waals surface area contributed by atoms with E-state index >= 15 is 0 Å². The van der Waals surface area contributed by atoms with Crippen LogP contribution in [0.3, 0.4) is 0 Å². The van der Waals surface area contributed by atoms with Gasteiger partial charge >= 0.3 is 0 Å². The molecule has 94 valence electrons. The summed E-state index contributed by atoms with van der Waals surface area (Å²) in [6.07, 6.45) is 9.61. The maximum absolute atomic E-state index is 4.69. The Kier molecular flexibility index (Phi) is 3.06. The molecule has 1 unspecified atom stereocenters. The summed E-state index contributed by atoms with van der Waals surface area (Å²) in [5, 5.41) is 0. The summed E-state index contributed by atoms with van der Waals surface area (Å²) in [5.74, 6) is 1.28. The van der Waals surface area contributed by atoms with Crippen LogP contribution in [0.1, 0.15) is 24.5 Å². The second-order valence-corrected chi connectivity index (χ2v) is 4.87. The molecule has 0 bridgehead atoms. The fraction of sp³-hybridized carbons (Fsp3) is 0.462. The Bertz CT molecular complexity index is 508. The number of rotatable bonds is 2. The number of likely N-dealkylation sites (tertiary alicyclic amines) is 1. The molecule has 0 aliphatic carbocycles. The van der Waals surface area contributed by atoms with E-state index in [0.717, 1.165) is 23.8 Å². The van der Waals surface area contributed by atoms with Gasteiger partial charge in [-0.3, -0.25) is 4.98 Å². The normalized spacial score (nSPS) is 21.1. The zero-order chi connectivity index (χ0) is 12.4. The number of aromatic nitrogens is 4. The first-order valence-electron chi connectivity index (χ1n) is 6.33. The molecule has 1 saturated heterocycles. The summed E-state index contributed by atoms with van der Waals surface area (Å²) in [5.41, 5.74) is 1.90. The minimum absolute atomic E-state index is 0.492. The number of hydrogen-bond donors (Lipinski definition) is 1. The number of likely N-dealkylation sites (N-methyl/N-ethyl adjacent to an activating group) is 1. The molecule has 1 aliphatic rings. The molecule has 1 aliphatic heterocycles. The predicted octanol–water partition coefficient (Wildman–Crippen LogP) is 1.68. The van der Waals surface area contributed by atoms with Gasteiger partial charge in [0.05, 0.1) is 11.9 Å². The fourth-order valence-electron chi connectivity index (χ4n) is 2.51. The second kappa shape index (κ2) is 4.86. The SMILES string of the molecule is CN1CCCC(c2cncc(-c3ncc[nH]3)n2)C1. The average molecular weight is 243 g/mol. The van der Waals surface area contributed by atoms with Crippen molar-refractivity contribution in [2.75, 3.05) is 20.1 Å². The van der Waals surface area contributed by atoms with Crippen LogP contribution in [0, 0.1) is 0 Å². The third kappa shape index (κ3) is 2.26. The highest BCUT2D eigenvalue weighted by Crippen LogP contribution is 2.25. The Morgan fingerprint density at radius 1 is 1.39 bits per heavy atom. The van der Waals surface area contributed by atoms with Gasteiger partial charge in [0.15, 0.2) is 5.82 Å². The molecule has 5 nitrogen and oxygen atoms in total. The molecule has 3 rings (SSSR count). The molecule has 5 heteroatoms. The summed E-state index contributed by atoms with van der Waals surface area (Å²) < 4.78 is 0. The maximum Gasteiger partial charge on any atom is 0.157 e. The van der Waals surface area contributed by atoms with Gasteiger partial charge < -0.3 is 9.88 Å². The van der Waals surface area contributed by atoms with Gasteiger partial charge in [-0.15, -0.1) is 0 Å². The monoisotopic (exact) mass is 243 g/mol. The lowest BCUT2D eigenvalue weighted by Gasteiger charge is -2.29. The third-order valence-electron chi connectivity index (χ3n) is 3.44. The van der Waals surface area contributed by atoms with E-state index in [1.54, 1.807) is 18.6 Å². The Hall–Kier alpha value is -1.75. The number of imidazole rings is 1. The summed E-state index contributed by atoms with van der Waals surface area (Å²) in [6, 6.07) is 0. The van der Waals surface area contributed by atoms with Crippen molar-refractivity contribution >= 4 is 0 Å². The molecule has 18 heavy (non-hydrogen) atoms. The topological polar surface area (TPSA) is 57.7 Å². The number of aromatic amines is 1. The van der Waals surface area contributed by atoms with Crippen molar-refractivity contribution in [3.8, 4) is 11.5 Å². The number of piperidine rings is 1. The molecule has 0 saturated carbocycles. The van der Waals surface area contributed by atoms with E-state index < -0.39 is 0 Å². The predicted molar refractivity (Wildman–Crippen MR) is 69.1 cm³/mol. The van der Waals surface area contributed by atoms with Gasteiger partial charge in [0, 0.05) is 31.1 Å². The van der Waals surface area contributed by atoms with E-state index in [1.807, 2.05) is 6.20 Å².